The summed E-state index contributed by atoms with van der Waals surface area (Å²) in [6.45, 7) is 5.64. The minimum Gasteiger partial charge on any atom is -0.358 e. The molecule has 2 nitrogen and oxygen atoms in total. The van der Waals surface area contributed by atoms with Gasteiger partial charge >= 0.3 is 0 Å². The average molecular weight is 228 g/mol. The summed E-state index contributed by atoms with van der Waals surface area (Å²) >= 11 is 0. The van der Waals surface area contributed by atoms with Gasteiger partial charge in [-0.2, -0.15) is 0 Å². The molecular weight excluding hydrogens is 208 g/mol. The largest absolute Gasteiger partial charge is 0.358 e. The van der Waals surface area contributed by atoms with Gasteiger partial charge in [0.25, 0.3) is 0 Å². The molecule has 1 atom stereocenters. The lowest BCUT2D eigenvalue weighted by atomic mass is 10.0. The van der Waals surface area contributed by atoms with Gasteiger partial charge in [0, 0.05) is 35.6 Å². The SMILES string of the molecule is Cc1ccc2[nH]c3c(c2c1)CCN(C)C(C)C3. The number of hydrogen-bond donors (Lipinski definition) is 1. The van der Waals surface area contributed by atoms with Crippen LogP contribution in [0.4, 0.5) is 0 Å². The first-order chi connectivity index (χ1) is 8.15. The van der Waals surface area contributed by atoms with Crippen molar-refractivity contribution in [3.63, 3.8) is 0 Å². The van der Waals surface area contributed by atoms with E-state index in [4.69, 9.17) is 0 Å². The summed E-state index contributed by atoms with van der Waals surface area (Å²) in [4.78, 5) is 6.06. The highest BCUT2D eigenvalue weighted by molar-refractivity contribution is 5.85. The van der Waals surface area contributed by atoms with Crippen LogP contribution in [0.15, 0.2) is 18.2 Å². The molecule has 3 rings (SSSR count). The van der Waals surface area contributed by atoms with Gasteiger partial charge in [-0.3, -0.25) is 0 Å². The van der Waals surface area contributed by atoms with Gasteiger partial charge in [-0.25, -0.2) is 0 Å². The number of aromatic nitrogens is 1. The first kappa shape index (κ1) is 10.8. The van der Waals surface area contributed by atoms with Crippen LogP contribution in [0.25, 0.3) is 10.9 Å². The second-order valence-electron chi connectivity index (χ2n) is 5.41. The van der Waals surface area contributed by atoms with Crippen LogP contribution in [-0.4, -0.2) is 29.5 Å². The maximum atomic E-state index is 3.61. The molecule has 0 saturated heterocycles. The minimum absolute atomic E-state index is 0.630. The van der Waals surface area contributed by atoms with Crippen LogP contribution in [0, 0.1) is 6.92 Å². The Labute approximate surface area is 103 Å². The third-order valence-corrected chi connectivity index (χ3v) is 4.12. The molecule has 1 aromatic carbocycles. The Morgan fingerprint density at radius 2 is 2.18 bits per heavy atom. The average Bonchev–Trinajstić information content (AvgIpc) is 2.55. The van der Waals surface area contributed by atoms with E-state index in [0.29, 0.717) is 6.04 Å². The summed E-state index contributed by atoms with van der Waals surface area (Å²) in [6, 6.07) is 7.35. The summed E-state index contributed by atoms with van der Waals surface area (Å²) in [7, 11) is 2.23. The number of nitrogens with one attached hydrogen (secondary N) is 1. The van der Waals surface area contributed by atoms with Gasteiger partial charge in [0.2, 0.25) is 0 Å². The molecule has 1 aromatic heterocycles. The van der Waals surface area contributed by atoms with E-state index in [9.17, 15) is 0 Å². The van der Waals surface area contributed by atoms with Crippen LogP contribution in [0.3, 0.4) is 0 Å². The monoisotopic (exact) mass is 228 g/mol. The molecule has 0 bridgehead atoms. The topological polar surface area (TPSA) is 19.0 Å². The number of fused-ring (bicyclic) bond motifs is 3. The second-order valence-corrected chi connectivity index (χ2v) is 5.41. The van der Waals surface area contributed by atoms with Crippen molar-refractivity contribution in [1.82, 2.24) is 9.88 Å². The molecule has 2 heterocycles. The molecule has 2 heteroatoms. The van der Waals surface area contributed by atoms with Gasteiger partial charge in [0.15, 0.2) is 0 Å². The lowest BCUT2D eigenvalue weighted by molar-refractivity contribution is 0.267. The maximum absolute atomic E-state index is 3.61. The Hall–Kier alpha value is -1.28. The highest BCUT2D eigenvalue weighted by Gasteiger charge is 2.20. The number of aryl methyl sites for hydroxylation is 1. The molecule has 2 aromatic rings. The van der Waals surface area contributed by atoms with E-state index in [-0.39, 0.29) is 0 Å². The lowest BCUT2D eigenvalue weighted by Gasteiger charge is -2.21. The molecule has 1 aliphatic rings. The number of H-pyrrole nitrogens is 1. The summed E-state index contributed by atoms with van der Waals surface area (Å²) < 4.78 is 0. The van der Waals surface area contributed by atoms with Gasteiger partial charge < -0.3 is 9.88 Å². The second kappa shape index (κ2) is 3.88. The Morgan fingerprint density at radius 3 is 3.00 bits per heavy atom. The van der Waals surface area contributed by atoms with E-state index in [1.54, 1.807) is 5.56 Å². The van der Waals surface area contributed by atoms with E-state index in [1.165, 1.54) is 28.6 Å². The van der Waals surface area contributed by atoms with Crippen LogP contribution in [0.1, 0.15) is 23.7 Å². The quantitative estimate of drug-likeness (QED) is 0.734. The zero-order valence-electron chi connectivity index (χ0n) is 10.9. The molecule has 0 spiro atoms. The Morgan fingerprint density at radius 1 is 1.35 bits per heavy atom. The third-order valence-electron chi connectivity index (χ3n) is 4.12. The minimum atomic E-state index is 0.630. The van der Waals surface area contributed by atoms with Crippen molar-refractivity contribution in [2.45, 2.75) is 32.7 Å². The first-order valence-corrected chi connectivity index (χ1v) is 6.45. The van der Waals surface area contributed by atoms with Gasteiger partial charge in [0.05, 0.1) is 0 Å². The molecule has 0 aliphatic carbocycles. The van der Waals surface area contributed by atoms with Crippen molar-refractivity contribution in [1.29, 1.82) is 0 Å². The van der Waals surface area contributed by atoms with E-state index < -0.39 is 0 Å². The Bertz CT molecular complexity index is 553. The third kappa shape index (κ3) is 1.77. The summed E-state index contributed by atoms with van der Waals surface area (Å²) in [5.74, 6) is 0. The fraction of sp³-hybridized carbons (Fsp3) is 0.467. The smallest absolute Gasteiger partial charge is 0.0459 e. The van der Waals surface area contributed by atoms with Crippen molar-refractivity contribution in [2.75, 3.05) is 13.6 Å². The Balaban J connectivity index is 2.15. The van der Waals surface area contributed by atoms with Crippen molar-refractivity contribution in [2.24, 2.45) is 0 Å². The highest BCUT2D eigenvalue weighted by atomic mass is 15.1. The number of hydrogen-bond acceptors (Lipinski definition) is 1. The van der Waals surface area contributed by atoms with Crippen LogP contribution in [-0.2, 0) is 12.8 Å². The summed E-state index contributed by atoms with van der Waals surface area (Å²) in [5, 5.41) is 1.43. The predicted molar refractivity (Wildman–Crippen MR) is 72.5 cm³/mol. The molecular formula is C15H20N2. The highest BCUT2D eigenvalue weighted by Crippen LogP contribution is 2.27. The molecule has 1 N–H and O–H groups in total. The van der Waals surface area contributed by atoms with Gasteiger partial charge in [-0.05, 0) is 45.0 Å². The molecule has 1 unspecified atom stereocenters. The Kier molecular flexibility index (Phi) is 2.48. The van der Waals surface area contributed by atoms with Crippen molar-refractivity contribution in [3.05, 3.63) is 35.0 Å². The molecule has 0 amide bonds. The summed E-state index contributed by atoms with van der Waals surface area (Å²) in [5.41, 5.74) is 5.64. The normalized spacial score (nSPS) is 21.5. The van der Waals surface area contributed by atoms with Gasteiger partial charge in [0.1, 0.15) is 0 Å². The van der Waals surface area contributed by atoms with Crippen LogP contribution < -0.4 is 0 Å². The number of aromatic amines is 1. The lowest BCUT2D eigenvalue weighted by Crippen LogP contribution is -2.30. The van der Waals surface area contributed by atoms with Crippen molar-refractivity contribution in [3.8, 4) is 0 Å². The fourth-order valence-electron chi connectivity index (χ4n) is 2.84. The number of benzene rings is 1. The number of rotatable bonds is 0. The van der Waals surface area contributed by atoms with E-state index in [0.717, 1.165) is 13.0 Å². The first-order valence-electron chi connectivity index (χ1n) is 6.45. The fourth-order valence-corrected chi connectivity index (χ4v) is 2.84. The van der Waals surface area contributed by atoms with E-state index >= 15 is 0 Å². The van der Waals surface area contributed by atoms with Gasteiger partial charge in [-0.1, -0.05) is 11.6 Å². The van der Waals surface area contributed by atoms with Crippen LogP contribution in [0.2, 0.25) is 0 Å². The zero-order valence-corrected chi connectivity index (χ0v) is 10.9. The molecule has 90 valence electrons. The zero-order chi connectivity index (χ0) is 12.0. The maximum Gasteiger partial charge on any atom is 0.0459 e. The predicted octanol–water partition coefficient (Wildman–Crippen LogP) is 2.90. The number of nitrogens with zero attached hydrogens (tertiary/aromatic N) is 1. The molecule has 17 heavy (non-hydrogen) atoms. The molecule has 1 aliphatic heterocycles. The van der Waals surface area contributed by atoms with E-state index in [1.807, 2.05) is 0 Å². The molecule has 0 fully saturated rings. The van der Waals surface area contributed by atoms with Crippen LogP contribution in [0.5, 0.6) is 0 Å². The van der Waals surface area contributed by atoms with Gasteiger partial charge in [-0.15, -0.1) is 0 Å². The summed E-state index contributed by atoms with van der Waals surface area (Å²) in [6.07, 6.45) is 2.30. The standard InChI is InChI=1S/C15H20N2/c1-10-4-5-14-13(8-10)12-6-7-17(3)11(2)9-15(12)16-14/h4-5,8,11,16H,6-7,9H2,1-3H3. The van der Waals surface area contributed by atoms with Crippen LogP contribution >= 0.6 is 0 Å². The molecule has 0 saturated carbocycles. The van der Waals surface area contributed by atoms with Crippen molar-refractivity contribution < 1.29 is 0 Å². The van der Waals surface area contributed by atoms with E-state index in [2.05, 4.69) is 49.0 Å². The number of likely N-dealkylation sites (N-methyl/N-ethyl adjacent to an activating group) is 1. The molecule has 0 radical (unpaired) electrons. The van der Waals surface area contributed by atoms with Crippen molar-refractivity contribution >= 4 is 10.9 Å².